The maximum Gasteiger partial charge on any atom is 0.146 e. The van der Waals surface area contributed by atoms with Gasteiger partial charge in [0.1, 0.15) is 5.78 Å². The molecule has 0 atom stereocenters. The third kappa shape index (κ3) is 7.22. The number of ketones is 1. The summed E-state index contributed by atoms with van der Waals surface area (Å²) in [6.07, 6.45) is 3.14. The molecule has 0 unspecified atom stereocenters. The fraction of sp³-hybridized carbons (Fsp3) is 0.500. The van der Waals surface area contributed by atoms with Crippen molar-refractivity contribution in [2.75, 3.05) is 13.1 Å². The molecular formula is C10H17NO. The van der Waals surface area contributed by atoms with Gasteiger partial charge in [0.2, 0.25) is 0 Å². The second-order valence-corrected chi connectivity index (χ2v) is 2.92. The van der Waals surface area contributed by atoms with E-state index in [4.69, 9.17) is 0 Å². The Labute approximate surface area is 74.4 Å². The summed E-state index contributed by atoms with van der Waals surface area (Å²) < 4.78 is 0. The Bertz CT molecular complexity index is 173. The van der Waals surface area contributed by atoms with Gasteiger partial charge in [-0.15, -0.1) is 13.2 Å². The molecule has 0 aromatic heterocycles. The van der Waals surface area contributed by atoms with E-state index in [-0.39, 0.29) is 5.78 Å². The first-order valence-electron chi connectivity index (χ1n) is 4.14. The molecule has 0 aromatic rings. The van der Waals surface area contributed by atoms with Crippen molar-refractivity contribution >= 4 is 5.78 Å². The van der Waals surface area contributed by atoms with Crippen molar-refractivity contribution < 1.29 is 4.79 Å². The molecule has 0 radical (unpaired) electrons. The van der Waals surface area contributed by atoms with Gasteiger partial charge in [0.15, 0.2) is 0 Å². The van der Waals surface area contributed by atoms with Gasteiger partial charge in [0.05, 0.1) is 6.54 Å². The molecule has 0 aliphatic rings. The van der Waals surface area contributed by atoms with Gasteiger partial charge in [-0.25, -0.2) is 0 Å². The van der Waals surface area contributed by atoms with Crippen molar-refractivity contribution in [1.29, 1.82) is 0 Å². The molecule has 0 saturated carbocycles. The monoisotopic (exact) mass is 167 g/mol. The van der Waals surface area contributed by atoms with Gasteiger partial charge in [-0.3, -0.25) is 4.79 Å². The predicted molar refractivity (Wildman–Crippen MR) is 52.1 cm³/mol. The van der Waals surface area contributed by atoms with E-state index < -0.39 is 0 Å². The molecule has 0 aliphatic heterocycles. The Morgan fingerprint density at radius 3 is 2.67 bits per heavy atom. The Morgan fingerprint density at radius 1 is 1.50 bits per heavy atom. The highest BCUT2D eigenvalue weighted by atomic mass is 16.1. The molecule has 1 N–H and O–H groups in total. The first-order valence-corrected chi connectivity index (χ1v) is 4.14. The van der Waals surface area contributed by atoms with E-state index in [0.717, 1.165) is 12.0 Å². The lowest BCUT2D eigenvalue weighted by molar-refractivity contribution is -0.118. The highest BCUT2D eigenvalue weighted by Crippen LogP contribution is 1.99. The lowest BCUT2D eigenvalue weighted by Gasteiger charge is -2.00. The molecular weight excluding hydrogens is 150 g/mol. The molecule has 0 spiro atoms. The van der Waals surface area contributed by atoms with Crippen LogP contribution in [0.3, 0.4) is 0 Å². The first-order chi connectivity index (χ1) is 5.66. The summed E-state index contributed by atoms with van der Waals surface area (Å²) in [5.74, 6) is 0.236. The number of carbonyl (C=O) groups excluding carboxylic acids is 1. The predicted octanol–water partition coefficient (Wildman–Crippen LogP) is 1.69. The maximum atomic E-state index is 11.1. The number of nitrogens with one attached hydrogen (secondary N) is 1. The van der Waals surface area contributed by atoms with E-state index >= 15 is 0 Å². The van der Waals surface area contributed by atoms with Gasteiger partial charge in [-0.1, -0.05) is 11.6 Å². The molecule has 2 nitrogen and oxygen atoms in total. The van der Waals surface area contributed by atoms with Gasteiger partial charge in [-0.05, 0) is 13.3 Å². The van der Waals surface area contributed by atoms with Crippen molar-refractivity contribution in [2.45, 2.75) is 19.8 Å². The van der Waals surface area contributed by atoms with Crippen LogP contribution < -0.4 is 5.32 Å². The number of hydrogen-bond acceptors (Lipinski definition) is 2. The van der Waals surface area contributed by atoms with Gasteiger partial charge in [0.25, 0.3) is 0 Å². The Hall–Kier alpha value is -0.890. The number of carbonyl (C=O) groups is 1. The van der Waals surface area contributed by atoms with Crippen LogP contribution in [0.5, 0.6) is 0 Å². The third-order valence-corrected chi connectivity index (χ3v) is 1.44. The molecule has 0 heterocycles. The molecule has 0 aromatic carbocycles. The summed E-state index contributed by atoms with van der Waals surface area (Å²) in [6.45, 7) is 10.4. The topological polar surface area (TPSA) is 29.1 Å². The van der Waals surface area contributed by atoms with Crippen LogP contribution in [0.4, 0.5) is 0 Å². The molecule has 12 heavy (non-hydrogen) atoms. The largest absolute Gasteiger partial charge is 0.307 e. The minimum atomic E-state index is 0.236. The smallest absolute Gasteiger partial charge is 0.146 e. The van der Waals surface area contributed by atoms with Crippen molar-refractivity contribution in [3.8, 4) is 0 Å². The molecule has 0 saturated heterocycles. The first kappa shape index (κ1) is 11.1. The van der Waals surface area contributed by atoms with Crippen molar-refractivity contribution in [3.05, 3.63) is 24.8 Å². The van der Waals surface area contributed by atoms with Crippen LogP contribution in [0.2, 0.25) is 0 Å². The van der Waals surface area contributed by atoms with Crippen LogP contribution in [0.1, 0.15) is 19.8 Å². The summed E-state index contributed by atoms with van der Waals surface area (Å²) in [6, 6.07) is 0. The molecule has 68 valence electrons. The van der Waals surface area contributed by atoms with Gasteiger partial charge in [0, 0.05) is 13.0 Å². The van der Waals surface area contributed by atoms with Crippen molar-refractivity contribution in [3.63, 3.8) is 0 Å². The van der Waals surface area contributed by atoms with Gasteiger partial charge < -0.3 is 5.32 Å². The number of rotatable bonds is 7. The van der Waals surface area contributed by atoms with E-state index in [1.54, 1.807) is 6.08 Å². The van der Waals surface area contributed by atoms with Crippen LogP contribution in [-0.2, 0) is 4.79 Å². The number of allylic oxidation sites excluding steroid dienone is 1. The standard InChI is InChI=1S/C10H17NO/c1-4-7-11-8-10(12)6-5-9(2)3/h4,11H,1-2,5-8H2,3H3. The molecule has 0 rings (SSSR count). The van der Waals surface area contributed by atoms with Crippen LogP contribution >= 0.6 is 0 Å². The molecule has 0 bridgehead atoms. The molecule has 0 aliphatic carbocycles. The molecule has 0 fully saturated rings. The summed E-state index contributed by atoms with van der Waals surface area (Å²) >= 11 is 0. The van der Waals surface area contributed by atoms with E-state index in [1.807, 2.05) is 6.92 Å². The Kier molecular flexibility index (Phi) is 6.29. The maximum absolute atomic E-state index is 11.1. The number of Topliss-reactive ketones (excluding diaryl/α,β-unsaturated/α-hetero) is 1. The van der Waals surface area contributed by atoms with Crippen molar-refractivity contribution in [1.82, 2.24) is 5.32 Å². The lowest BCUT2D eigenvalue weighted by Crippen LogP contribution is -2.22. The van der Waals surface area contributed by atoms with E-state index in [1.165, 1.54) is 0 Å². The normalized spacial score (nSPS) is 9.42. The Balaban J connectivity index is 3.33. The minimum Gasteiger partial charge on any atom is -0.307 e. The SMILES string of the molecule is C=CCNCC(=O)CCC(=C)C. The van der Waals surface area contributed by atoms with Crippen LogP contribution in [0, 0.1) is 0 Å². The van der Waals surface area contributed by atoms with Crippen LogP contribution in [0.15, 0.2) is 24.8 Å². The highest BCUT2D eigenvalue weighted by molar-refractivity contribution is 5.80. The molecule has 0 amide bonds. The van der Waals surface area contributed by atoms with Crippen LogP contribution in [0.25, 0.3) is 0 Å². The zero-order valence-corrected chi connectivity index (χ0v) is 7.73. The third-order valence-electron chi connectivity index (χ3n) is 1.44. The van der Waals surface area contributed by atoms with Gasteiger partial charge in [-0.2, -0.15) is 0 Å². The lowest BCUT2D eigenvalue weighted by atomic mass is 10.1. The van der Waals surface area contributed by atoms with E-state index in [0.29, 0.717) is 19.5 Å². The van der Waals surface area contributed by atoms with Crippen LogP contribution in [-0.4, -0.2) is 18.9 Å². The average molecular weight is 167 g/mol. The molecule has 2 heteroatoms. The summed E-state index contributed by atoms with van der Waals surface area (Å²) in [5.41, 5.74) is 1.06. The van der Waals surface area contributed by atoms with Gasteiger partial charge >= 0.3 is 0 Å². The van der Waals surface area contributed by atoms with Crippen molar-refractivity contribution in [2.24, 2.45) is 0 Å². The van der Waals surface area contributed by atoms with E-state index in [9.17, 15) is 4.79 Å². The Morgan fingerprint density at radius 2 is 2.17 bits per heavy atom. The highest BCUT2D eigenvalue weighted by Gasteiger charge is 1.99. The second kappa shape index (κ2) is 6.80. The summed E-state index contributed by atoms with van der Waals surface area (Å²) in [7, 11) is 0. The number of hydrogen-bond donors (Lipinski definition) is 1. The quantitative estimate of drug-likeness (QED) is 0.462. The minimum absolute atomic E-state index is 0.236. The zero-order chi connectivity index (χ0) is 9.40. The second-order valence-electron chi connectivity index (χ2n) is 2.92. The summed E-state index contributed by atoms with van der Waals surface area (Å²) in [4.78, 5) is 11.1. The fourth-order valence-corrected chi connectivity index (χ4v) is 0.755. The zero-order valence-electron chi connectivity index (χ0n) is 7.73. The summed E-state index contributed by atoms with van der Waals surface area (Å²) in [5, 5.41) is 2.96. The fourth-order valence-electron chi connectivity index (χ4n) is 0.755. The van der Waals surface area contributed by atoms with E-state index in [2.05, 4.69) is 18.5 Å². The average Bonchev–Trinajstić information content (AvgIpc) is 2.01.